The van der Waals surface area contributed by atoms with Crippen LogP contribution in [0.4, 0.5) is 26.7 Å². The Hall–Kier alpha value is -6.86. The minimum atomic E-state index is -0.352. The van der Waals surface area contributed by atoms with E-state index in [9.17, 15) is 9.59 Å². The van der Waals surface area contributed by atoms with Crippen molar-refractivity contribution in [3.63, 3.8) is 0 Å². The summed E-state index contributed by atoms with van der Waals surface area (Å²) in [4.78, 5) is 29.4. The molecule has 2 saturated heterocycles. The van der Waals surface area contributed by atoms with Gasteiger partial charge >= 0.3 is 12.2 Å². The van der Waals surface area contributed by atoms with Crippen molar-refractivity contribution in [2.75, 3.05) is 41.7 Å². The normalized spacial score (nSPS) is 17.0. The third-order valence-corrected chi connectivity index (χ3v) is 7.19. The summed E-state index contributed by atoms with van der Waals surface area (Å²) >= 11 is 0. The molecule has 2 fully saturated rings. The Morgan fingerprint density at radius 1 is 0.711 bits per heavy atom. The zero-order valence-electron chi connectivity index (χ0n) is 24.5. The monoisotopic (exact) mass is 1100 g/mol. The zero-order chi connectivity index (χ0) is 30.0. The Morgan fingerprint density at radius 3 is 1.67 bits per heavy atom. The number of carbonyl (C=O) groups excluding carboxylic acids is 2. The smallest absolute Gasteiger partial charge is 0.414 e. The minimum absolute atomic E-state index is 0. The van der Waals surface area contributed by atoms with Crippen molar-refractivity contribution in [3.8, 4) is 0 Å². The number of hydrogen-bond acceptors (Lipinski definition) is 7. The van der Waals surface area contributed by atoms with Gasteiger partial charge in [-0.1, -0.05) is 66.4 Å². The van der Waals surface area contributed by atoms with Crippen LogP contribution >= 0.6 is 0 Å². The van der Waals surface area contributed by atoms with Gasteiger partial charge in [-0.2, -0.15) is 18.2 Å². The van der Waals surface area contributed by atoms with Gasteiger partial charge in [0, 0.05) is 39.0 Å². The molecule has 9 nitrogen and oxygen atoms in total. The van der Waals surface area contributed by atoms with Gasteiger partial charge in [0.05, 0.1) is 13.1 Å². The maximum Gasteiger partial charge on any atom is 0.414 e. The third kappa shape index (κ3) is 8.57. The molecule has 4 N–H and O–H groups in total. The molecule has 0 radical (unpaired) electrons. The van der Waals surface area contributed by atoms with Gasteiger partial charge in [0.2, 0.25) is 0 Å². The number of nitrogens with two attached hydrogens (primary N) is 2. The summed E-state index contributed by atoms with van der Waals surface area (Å²) in [6.07, 6.45) is -1.01. The molecular weight excluding hydrogens is 1060 g/mol. The Labute approximate surface area is 253 Å². The van der Waals surface area contributed by atoms with E-state index in [-0.39, 0.29) is 25.8 Å². The maximum absolute atomic E-state index is 12.4. The standard InChI is InChI=1S/C24H23N2O2.C10H13N3O2.2No.H2/c27-24-26(22-14-8-3-9-15-22)19-23(28-24)18-25(16-20-10-4-1-5-11-20)17-21-12-6-2-7-13-21;11-5-9-6-13(10(14)15-9)8-3-1-7(12)2-4-8;;;/h1-2,4-15,23H,16-19H2;1-4,9H,5-6,11-12H2;;;1H/q-1;;;;/t23-;9-;;;/m11.../s1. The van der Waals surface area contributed by atoms with Crippen molar-refractivity contribution < 1.29 is 20.5 Å². The van der Waals surface area contributed by atoms with E-state index in [4.69, 9.17) is 20.9 Å². The first kappa shape index (κ1) is 32.7. The van der Waals surface area contributed by atoms with E-state index in [0.29, 0.717) is 31.9 Å². The number of carbonyl (C=O) groups is 2. The minimum Gasteiger partial charge on any atom is -0.443 e. The number of benzene rings is 4. The van der Waals surface area contributed by atoms with Crippen LogP contribution in [0.15, 0.2) is 109 Å². The second-order valence-electron chi connectivity index (χ2n) is 10.5. The van der Waals surface area contributed by atoms with E-state index < -0.39 is 0 Å². The molecule has 4 aromatic carbocycles. The summed E-state index contributed by atoms with van der Waals surface area (Å²) in [5.74, 6) is 0. The van der Waals surface area contributed by atoms with E-state index in [2.05, 4.69) is 59.5 Å². The van der Waals surface area contributed by atoms with Crippen LogP contribution in [-0.2, 0) is 22.6 Å². The SMILES string of the molecule is NC[C@@H]1CN(c2ccc(N)cc2)C(=O)O1.O=C1O[C@H](CN(Cc2ccccc2)Cc2ccccc2)CN1c1cc[c-]cc1.[HH].[No].[No]. The fourth-order valence-electron chi connectivity index (χ4n) is 5.05. The van der Waals surface area contributed by atoms with Gasteiger partial charge in [-0.15, -0.1) is 12.1 Å². The zero-order valence-corrected chi connectivity index (χ0v) is 28.9. The van der Waals surface area contributed by atoms with Crippen LogP contribution in [-0.4, -0.2) is 55.5 Å². The molecule has 252 valence electrons. The number of cyclic esters (lactones) is 2. The molecule has 0 bridgehead atoms. The van der Waals surface area contributed by atoms with Crippen LogP contribution in [0.5, 0.6) is 0 Å². The summed E-state index contributed by atoms with van der Waals surface area (Å²) in [6, 6.07) is 38.2. The van der Waals surface area contributed by atoms with Crippen molar-refractivity contribution in [2.45, 2.75) is 25.3 Å². The number of nitrogen functional groups attached to an aromatic ring is 1. The second-order valence-corrected chi connectivity index (χ2v) is 10.5. The molecule has 45 heavy (non-hydrogen) atoms. The van der Waals surface area contributed by atoms with E-state index in [1.807, 2.05) is 36.4 Å². The van der Waals surface area contributed by atoms with Crippen LogP contribution in [0, 0.1) is 6.07 Å². The Balaban J connectivity index is 0.000000351. The van der Waals surface area contributed by atoms with E-state index in [0.717, 1.165) is 24.5 Å². The molecule has 0 aliphatic carbocycles. The predicted molar refractivity (Wildman–Crippen MR) is 170 cm³/mol. The number of amides is 2. The van der Waals surface area contributed by atoms with Crippen LogP contribution in [0.2, 0.25) is 0 Å². The average molecular weight is 1100 g/mol. The molecule has 11 heteroatoms. The quantitative estimate of drug-likeness (QED) is 0.173. The van der Waals surface area contributed by atoms with Crippen molar-refractivity contribution >= 4 is 29.2 Å². The molecule has 0 aromatic heterocycles. The molecule has 2 heterocycles. The Kier molecular flexibility index (Phi) is 11.2. The molecule has 2 atom stereocenters. The van der Waals surface area contributed by atoms with Gasteiger partial charge in [-0.3, -0.25) is 14.7 Å². The van der Waals surface area contributed by atoms with Gasteiger partial charge in [0.1, 0.15) is 12.2 Å². The Morgan fingerprint density at radius 2 is 1.18 bits per heavy atom. The summed E-state index contributed by atoms with van der Waals surface area (Å²) in [5, 5.41) is 0. The van der Waals surface area contributed by atoms with E-state index in [1.54, 1.807) is 34.1 Å². The van der Waals surface area contributed by atoms with Crippen molar-refractivity contribution in [1.82, 2.24) is 4.90 Å². The molecule has 4 aromatic rings. The molecule has 2 aliphatic rings. The summed E-state index contributed by atoms with van der Waals surface area (Å²) in [6.45, 7) is 3.71. The first-order valence-electron chi connectivity index (χ1n) is 14.3. The van der Waals surface area contributed by atoms with Crippen LogP contribution in [0.3, 0.4) is 0 Å². The molecular formula is C34H38N5No2O4-. The van der Waals surface area contributed by atoms with Gasteiger partial charge in [-0.05, 0) is 35.4 Å². The fraction of sp³-hybridized carbons (Fsp3) is 0.235. The number of rotatable bonds is 9. The first-order valence-corrected chi connectivity index (χ1v) is 14.3. The van der Waals surface area contributed by atoms with Crippen LogP contribution in [0.1, 0.15) is 12.6 Å². The van der Waals surface area contributed by atoms with Crippen molar-refractivity contribution in [1.29, 1.82) is 0 Å². The molecule has 6 rings (SSSR count). The topological polar surface area (TPSA) is 114 Å². The van der Waals surface area contributed by atoms with Gasteiger partial charge in [-0.25, -0.2) is 9.59 Å². The molecule has 0 saturated carbocycles. The molecule has 2 aliphatic heterocycles. The summed E-state index contributed by atoms with van der Waals surface area (Å²) < 4.78 is 10.7. The average Bonchev–Trinajstić information content (AvgIpc) is 3.60. The second kappa shape index (κ2) is 15.4. The molecule has 0 unspecified atom stereocenters. The van der Waals surface area contributed by atoms with Gasteiger partial charge in [0.25, 0.3) is 0 Å². The molecule has 2 amide bonds. The van der Waals surface area contributed by atoms with Gasteiger partial charge < -0.3 is 20.9 Å². The Bertz CT molecular complexity index is 1430. The number of anilines is 3. The predicted octanol–water partition coefficient (Wildman–Crippen LogP) is 5.31. The number of hydrogen-bond donors (Lipinski definition) is 2. The van der Waals surface area contributed by atoms with E-state index >= 15 is 0 Å². The van der Waals surface area contributed by atoms with Gasteiger partial charge in [0.15, 0.2) is 0 Å². The molecule has 0 spiro atoms. The fourth-order valence-corrected chi connectivity index (χ4v) is 5.05. The number of ether oxygens (including phenoxy) is 2. The van der Waals surface area contributed by atoms with Crippen LogP contribution < -0.4 is 21.3 Å². The third-order valence-electron chi connectivity index (χ3n) is 7.19. The largest absolute Gasteiger partial charge is 0.443 e. The van der Waals surface area contributed by atoms with Crippen molar-refractivity contribution in [2.24, 2.45) is 5.73 Å². The number of nitrogens with zero attached hydrogens (tertiary/aromatic N) is 3. The van der Waals surface area contributed by atoms with Crippen molar-refractivity contribution in [3.05, 3.63) is 126 Å². The maximum atomic E-state index is 12.4. The van der Waals surface area contributed by atoms with E-state index in [1.165, 1.54) is 11.1 Å². The first-order chi connectivity index (χ1) is 21.0. The summed E-state index contributed by atoms with van der Waals surface area (Å²) in [7, 11) is 0. The van der Waals surface area contributed by atoms with Crippen LogP contribution in [0.25, 0.3) is 0 Å². The summed E-state index contributed by atoms with van der Waals surface area (Å²) in [5.41, 5.74) is 15.8.